The zero-order chi connectivity index (χ0) is 25.0. The lowest BCUT2D eigenvalue weighted by Gasteiger charge is -2.26. The Morgan fingerprint density at radius 2 is 1.53 bits per heavy atom. The van der Waals surface area contributed by atoms with Crippen LogP contribution in [0.25, 0.3) is 11.1 Å². The van der Waals surface area contributed by atoms with E-state index in [2.05, 4.69) is 58.1 Å². The number of carbonyl (C=O) groups is 1. The minimum absolute atomic E-state index is 0.101. The fraction of sp³-hybridized carbons (Fsp3) is 0.444. The van der Waals surface area contributed by atoms with Gasteiger partial charge in [-0.1, -0.05) is 45.0 Å². The van der Waals surface area contributed by atoms with E-state index in [9.17, 15) is 4.79 Å². The zero-order valence-corrected chi connectivity index (χ0v) is 23.5. The van der Waals surface area contributed by atoms with Gasteiger partial charge in [-0.15, -0.1) is 0 Å². The van der Waals surface area contributed by atoms with E-state index in [1.54, 1.807) is 21.3 Å². The molecule has 1 atom stereocenters. The molecule has 0 saturated carbocycles. The molecule has 0 heterocycles. The Kier molecular flexibility index (Phi) is 8.55. The predicted molar refractivity (Wildman–Crippen MR) is 143 cm³/mol. The molecule has 0 aromatic heterocycles. The Balaban J connectivity index is 2.08. The minimum Gasteiger partial charge on any atom is -0.493 e. The smallest absolute Gasteiger partial charge is 0.203 e. The van der Waals surface area contributed by atoms with Gasteiger partial charge in [-0.2, -0.15) is 0 Å². The van der Waals surface area contributed by atoms with E-state index in [4.69, 9.17) is 18.1 Å². The molecule has 0 saturated heterocycles. The Morgan fingerprint density at radius 1 is 0.941 bits per heavy atom. The van der Waals surface area contributed by atoms with E-state index in [0.717, 1.165) is 28.0 Å². The minimum atomic E-state index is -1.05. The molecule has 1 aliphatic rings. The number of carbonyl (C=O) groups excluding carboxylic acids is 1. The molecule has 0 amide bonds. The summed E-state index contributed by atoms with van der Waals surface area (Å²) in [7, 11) is 3.71. The molecule has 0 spiro atoms. The topological polar surface area (TPSA) is 54.0 Å². The predicted octanol–water partition coefficient (Wildman–Crippen LogP) is 6.41. The van der Waals surface area contributed by atoms with Crippen LogP contribution in [0.2, 0.25) is 13.1 Å². The number of Topliss-reactive ketones (excluding diaryl/α,β-unsaturated/α-hetero) is 1. The lowest BCUT2D eigenvalue weighted by Crippen LogP contribution is -2.25. The van der Waals surface area contributed by atoms with Gasteiger partial charge in [0.15, 0.2) is 26.3 Å². The zero-order valence-electron chi connectivity index (χ0n) is 21.5. The van der Waals surface area contributed by atoms with Gasteiger partial charge in [-0.3, -0.25) is 4.79 Å². The third kappa shape index (κ3) is 5.70. The third-order valence-corrected chi connectivity index (χ3v) is 8.60. The van der Waals surface area contributed by atoms with Crippen molar-refractivity contribution in [2.24, 2.45) is 11.3 Å². The molecule has 7 heteroatoms. The van der Waals surface area contributed by atoms with Gasteiger partial charge in [-0.05, 0) is 71.4 Å². The highest BCUT2D eigenvalue weighted by Gasteiger charge is 2.41. The Morgan fingerprint density at radius 3 is 2.00 bits per heavy atom. The molecule has 0 radical (unpaired) electrons. The molecular weight excluding hydrogens is 464 g/mol. The SMILES string of the molecule is COc1cc(C2=C(c3ccc(CSO[SiH](C)C)cc3)CC(C(C)(C)C)C2=O)cc(OC)c1OC. The Hall–Kier alpha value is -2.22. The molecule has 2 aromatic rings. The average Bonchev–Trinajstić information content (AvgIpc) is 3.15. The van der Waals surface area contributed by atoms with Crippen molar-refractivity contribution >= 4 is 38.0 Å². The van der Waals surface area contributed by atoms with Crippen LogP contribution in [-0.2, 0) is 14.4 Å². The number of ketones is 1. The Bertz CT molecular complexity index is 1030. The van der Waals surface area contributed by atoms with Crippen LogP contribution < -0.4 is 14.2 Å². The third-order valence-electron chi connectivity index (χ3n) is 6.06. The fourth-order valence-electron chi connectivity index (χ4n) is 4.27. The highest BCUT2D eigenvalue weighted by molar-refractivity contribution is 7.94. The van der Waals surface area contributed by atoms with Crippen molar-refractivity contribution in [3.63, 3.8) is 0 Å². The van der Waals surface area contributed by atoms with Gasteiger partial charge in [0.05, 0.1) is 21.3 Å². The number of allylic oxidation sites excluding steroid dienone is 2. The lowest BCUT2D eigenvalue weighted by atomic mass is 9.77. The summed E-state index contributed by atoms with van der Waals surface area (Å²) in [6.07, 6.45) is 0.699. The van der Waals surface area contributed by atoms with E-state index in [1.807, 2.05) is 12.1 Å². The second-order valence-corrected chi connectivity index (χ2v) is 13.3. The molecule has 184 valence electrons. The van der Waals surface area contributed by atoms with Crippen LogP contribution in [0.3, 0.4) is 0 Å². The first-order chi connectivity index (χ1) is 16.1. The fourth-order valence-corrected chi connectivity index (χ4v) is 5.96. The van der Waals surface area contributed by atoms with Gasteiger partial charge in [0.1, 0.15) is 0 Å². The summed E-state index contributed by atoms with van der Waals surface area (Å²) in [5, 5.41) is 0. The van der Waals surface area contributed by atoms with Crippen LogP contribution in [0.1, 0.15) is 43.9 Å². The summed E-state index contributed by atoms with van der Waals surface area (Å²) in [6, 6.07) is 12.2. The van der Waals surface area contributed by atoms with Crippen LogP contribution in [0.15, 0.2) is 36.4 Å². The molecule has 2 aromatic carbocycles. The van der Waals surface area contributed by atoms with Gasteiger partial charge in [0.2, 0.25) is 5.75 Å². The Labute approximate surface area is 209 Å². The lowest BCUT2D eigenvalue weighted by molar-refractivity contribution is -0.119. The van der Waals surface area contributed by atoms with Crippen molar-refractivity contribution in [3.8, 4) is 17.2 Å². The number of benzene rings is 2. The summed E-state index contributed by atoms with van der Waals surface area (Å²) in [5.41, 5.74) is 4.70. The first-order valence-corrected chi connectivity index (χ1v) is 15.2. The van der Waals surface area contributed by atoms with Gasteiger partial charge in [-0.25, -0.2) is 0 Å². The largest absolute Gasteiger partial charge is 0.493 e. The van der Waals surface area contributed by atoms with Gasteiger partial charge < -0.3 is 18.1 Å². The van der Waals surface area contributed by atoms with Crippen LogP contribution >= 0.6 is 12.0 Å². The monoisotopic (exact) mass is 500 g/mol. The van der Waals surface area contributed by atoms with E-state index < -0.39 is 9.04 Å². The quantitative estimate of drug-likeness (QED) is 0.293. The standard InChI is InChI=1S/C27H36O5SSi/c1-27(2,3)21-15-20(18-11-9-17(10-12-18)16-33-32-34(7)8)24(25(21)28)19-13-22(29-4)26(31-6)23(14-19)30-5/h9-14,21,34H,15-16H2,1-8H3. The molecule has 1 aliphatic carbocycles. The number of ether oxygens (including phenoxy) is 3. The van der Waals surface area contributed by atoms with Crippen molar-refractivity contribution in [3.05, 3.63) is 53.1 Å². The maximum absolute atomic E-state index is 13.8. The normalized spacial score (nSPS) is 16.4. The van der Waals surface area contributed by atoms with Crippen molar-refractivity contribution in [1.29, 1.82) is 0 Å². The summed E-state index contributed by atoms with van der Waals surface area (Å²) < 4.78 is 22.4. The maximum atomic E-state index is 13.8. The molecule has 34 heavy (non-hydrogen) atoms. The van der Waals surface area contributed by atoms with Crippen LogP contribution in [0, 0.1) is 11.3 Å². The van der Waals surface area contributed by atoms with E-state index in [1.165, 1.54) is 17.6 Å². The van der Waals surface area contributed by atoms with Crippen molar-refractivity contribution in [2.45, 2.75) is 46.0 Å². The number of methoxy groups -OCH3 is 3. The van der Waals surface area contributed by atoms with E-state index >= 15 is 0 Å². The summed E-state index contributed by atoms with van der Waals surface area (Å²) in [4.78, 5) is 13.8. The summed E-state index contributed by atoms with van der Waals surface area (Å²) in [5.74, 6) is 2.46. The van der Waals surface area contributed by atoms with Gasteiger partial charge >= 0.3 is 0 Å². The maximum Gasteiger partial charge on any atom is 0.203 e. The van der Waals surface area contributed by atoms with Crippen LogP contribution in [0.4, 0.5) is 0 Å². The average molecular weight is 501 g/mol. The van der Waals surface area contributed by atoms with E-state index in [-0.39, 0.29) is 17.1 Å². The second-order valence-electron chi connectivity index (χ2n) is 9.86. The van der Waals surface area contributed by atoms with Crippen molar-refractivity contribution in [1.82, 2.24) is 0 Å². The van der Waals surface area contributed by atoms with Crippen LogP contribution in [-0.4, -0.2) is 36.2 Å². The molecule has 0 fully saturated rings. The molecule has 3 rings (SSSR count). The van der Waals surface area contributed by atoms with Crippen molar-refractivity contribution < 1.29 is 22.9 Å². The van der Waals surface area contributed by atoms with Gasteiger partial charge in [0.25, 0.3) is 0 Å². The first-order valence-electron chi connectivity index (χ1n) is 11.6. The molecule has 0 N–H and O–H groups in total. The molecule has 0 bridgehead atoms. The van der Waals surface area contributed by atoms with E-state index in [0.29, 0.717) is 23.7 Å². The molecule has 5 nitrogen and oxygen atoms in total. The number of rotatable bonds is 9. The number of hydrogen-bond donors (Lipinski definition) is 0. The molecular formula is C27H36O5SSi. The molecule has 0 aliphatic heterocycles. The molecule has 1 unspecified atom stereocenters. The van der Waals surface area contributed by atoms with Crippen molar-refractivity contribution in [2.75, 3.05) is 21.3 Å². The number of hydrogen-bond acceptors (Lipinski definition) is 6. The highest BCUT2D eigenvalue weighted by atomic mass is 32.2. The van der Waals surface area contributed by atoms with Crippen LogP contribution in [0.5, 0.6) is 17.2 Å². The summed E-state index contributed by atoms with van der Waals surface area (Å²) >= 11 is 1.52. The summed E-state index contributed by atoms with van der Waals surface area (Å²) in [6.45, 7) is 10.7. The second kappa shape index (κ2) is 11.0. The highest BCUT2D eigenvalue weighted by Crippen LogP contribution is 2.49. The van der Waals surface area contributed by atoms with Gasteiger partial charge in [0, 0.05) is 17.2 Å². The first kappa shape index (κ1) is 26.4.